The number of nitrogens with one attached hydrogen (secondary N) is 1. The molecule has 0 spiro atoms. The van der Waals surface area contributed by atoms with E-state index in [1.807, 2.05) is 38.1 Å². The minimum absolute atomic E-state index is 0.224. The summed E-state index contributed by atoms with van der Waals surface area (Å²) < 4.78 is 1.77. The summed E-state index contributed by atoms with van der Waals surface area (Å²) in [5.41, 5.74) is 2.66. The SMILES string of the molecule is Cc1ccccc1-n1ncc(C(=O)NC2(C#N)CCC2)c1C. The quantitative estimate of drug-likeness (QED) is 0.946. The minimum atomic E-state index is -0.686. The number of carbonyl (C=O) groups excluding carboxylic acids is 1. The van der Waals surface area contributed by atoms with Crippen LogP contribution in [-0.4, -0.2) is 21.2 Å². The van der Waals surface area contributed by atoms with Crippen molar-refractivity contribution in [1.29, 1.82) is 5.26 Å². The van der Waals surface area contributed by atoms with Crippen molar-refractivity contribution in [3.63, 3.8) is 0 Å². The number of nitrogens with zero attached hydrogens (tertiary/aromatic N) is 3. The Hall–Kier alpha value is -2.61. The first kappa shape index (κ1) is 14.3. The summed E-state index contributed by atoms with van der Waals surface area (Å²) in [4.78, 5) is 12.4. The zero-order valence-corrected chi connectivity index (χ0v) is 12.8. The van der Waals surface area contributed by atoms with E-state index in [0.717, 1.165) is 36.2 Å². The van der Waals surface area contributed by atoms with Crippen molar-refractivity contribution >= 4 is 5.91 Å². The lowest BCUT2D eigenvalue weighted by Gasteiger charge is -2.35. The van der Waals surface area contributed by atoms with Crippen molar-refractivity contribution in [3.05, 3.63) is 47.3 Å². The zero-order chi connectivity index (χ0) is 15.7. The van der Waals surface area contributed by atoms with Crippen molar-refractivity contribution in [3.8, 4) is 11.8 Å². The van der Waals surface area contributed by atoms with Gasteiger partial charge in [0.05, 0.1) is 29.2 Å². The van der Waals surface area contributed by atoms with E-state index in [1.165, 1.54) is 0 Å². The average Bonchev–Trinajstić information content (AvgIpc) is 2.85. The zero-order valence-electron chi connectivity index (χ0n) is 12.8. The number of nitriles is 1. The fraction of sp³-hybridized carbons (Fsp3) is 0.353. The lowest BCUT2D eigenvalue weighted by Crippen LogP contribution is -2.52. The van der Waals surface area contributed by atoms with E-state index in [2.05, 4.69) is 16.5 Å². The van der Waals surface area contributed by atoms with Crippen molar-refractivity contribution < 1.29 is 4.79 Å². The van der Waals surface area contributed by atoms with Crippen LogP contribution in [-0.2, 0) is 0 Å². The number of hydrogen-bond acceptors (Lipinski definition) is 3. The molecule has 1 aromatic heterocycles. The van der Waals surface area contributed by atoms with Gasteiger partial charge in [-0.3, -0.25) is 4.79 Å². The highest BCUT2D eigenvalue weighted by atomic mass is 16.1. The van der Waals surface area contributed by atoms with Gasteiger partial charge in [-0.25, -0.2) is 4.68 Å². The molecule has 22 heavy (non-hydrogen) atoms. The van der Waals surface area contributed by atoms with Gasteiger partial charge >= 0.3 is 0 Å². The van der Waals surface area contributed by atoms with Gasteiger partial charge in [0, 0.05) is 0 Å². The number of aryl methyl sites for hydroxylation is 1. The Morgan fingerprint density at radius 3 is 2.68 bits per heavy atom. The summed E-state index contributed by atoms with van der Waals surface area (Å²) in [6.07, 6.45) is 4.00. The third kappa shape index (κ3) is 2.27. The Kier molecular flexibility index (Phi) is 3.45. The molecule has 3 rings (SSSR count). The molecule has 5 nitrogen and oxygen atoms in total. The summed E-state index contributed by atoms with van der Waals surface area (Å²) in [5, 5.41) is 16.4. The third-order valence-electron chi connectivity index (χ3n) is 4.37. The van der Waals surface area contributed by atoms with E-state index >= 15 is 0 Å². The van der Waals surface area contributed by atoms with Crippen LogP contribution in [0.1, 0.15) is 40.9 Å². The van der Waals surface area contributed by atoms with E-state index in [-0.39, 0.29) is 5.91 Å². The normalized spacial score (nSPS) is 15.7. The Morgan fingerprint density at radius 1 is 1.36 bits per heavy atom. The largest absolute Gasteiger partial charge is 0.334 e. The number of para-hydroxylation sites is 1. The first-order valence-corrected chi connectivity index (χ1v) is 7.41. The average molecular weight is 294 g/mol. The molecule has 1 aromatic carbocycles. The molecule has 0 unspecified atom stereocenters. The molecule has 0 aliphatic heterocycles. The van der Waals surface area contributed by atoms with Gasteiger partial charge in [-0.2, -0.15) is 10.4 Å². The van der Waals surface area contributed by atoms with Gasteiger partial charge in [0.15, 0.2) is 0 Å². The Bertz CT molecular complexity index is 765. The summed E-state index contributed by atoms with van der Waals surface area (Å²) in [6.45, 7) is 3.88. The summed E-state index contributed by atoms with van der Waals surface area (Å²) in [7, 11) is 0. The van der Waals surface area contributed by atoms with Crippen LogP contribution in [0.5, 0.6) is 0 Å². The molecular formula is C17H18N4O. The fourth-order valence-electron chi connectivity index (χ4n) is 2.76. The van der Waals surface area contributed by atoms with Crippen molar-refractivity contribution in [2.24, 2.45) is 0 Å². The lowest BCUT2D eigenvalue weighted by molar-refractivity contribution is 0.0881. The van der Waals surface area contributed by atoms with Gasteiger partial charge < -0.3 is 5.32 Å². The van der Waals surface area contributed by atoms with Crippen LogP contribution in [0, 0.1) is 25.2 Å². The molecule has 1 fully saturated rings. The lowest BCUT2D eigenvalue weighted by atomic mass is 9.78. The monoisotopic (exact) mass is 294 g/mol. The molecule has 5 heteroatoms. The molecule has 112 valence electrons. The first-order chi connectivity index (χ1) is 10.6. The van der Waals surface area contributed by atoms with E-state index in [9.17, 15) is 10.1 Å². The molecular weight excluding hydrogens is 276 g/mol. The Labute approximate surface area is 129 Å². The maximum Gasteiger partial charge on any atom is 0.256 e. The minimum Gasteiger partial charge on any atom is -0.334 e. The van der Waals surface area contributed by atoms with Crippen LogP contribution in [0.3, 0.4) is 0 Å². The molecule has 0 saturated heterocycles. The second kappa shape index (κ2) is 5.30. The number of carbonyl (C=O) groups is 1. The number of rotatable bonds is 3. The second-order valence-corrected chi connectivity index (χ2v) is 5.84. The van der Waals surface area contributed by atoms with Gasteiger partial charge in [-0.1, -0.05) is 18.2 Å². The molecule has 1 aliphatic rings. The number of amides is 1. The van der Waals surface area contributed by atoms with Crippen LogP contribution < -0.4 is 5.32 Å². The summed E-state index contributed by atoms with van der Waals surface area (Å²) in [5.74, 6) is -0.224. The van der Waals surface area contributed by atoms with Crippen LogP contribution in [0.2, 0.25) is 0 Å². The fourth-order valence-corrected chi connectivity index (χ4v) is 2.76. The molecule has 0 atom stereocenters. The molecule has 1 saturated carbocycles. The first-order valence-electron chi connectivity index (χ1n) is 7.41. The standard InChI is InChI=1S/C17H18N4O/c1-12-6-3-4-7-15(12)21-13(2)14(10-19-21)16(22)20-17(11-18)8-5-9-17/h3-4,6-7,10H,5,8-9H2,1-2H3,(H,20,22). The van der Waals surface area contributed by atoms with Crippen molar-refractivity contribution in [2.75, 3.05) is 0 Å². The van der Waals surface area contributed by atoms with Crippen LogP contribution in [0.4, 0.5) is 0 Å². The van der Waals surface area contributed by atoms with Crippen LogP contribution in [0.25, 0.3) is 5.69 Å². The maximum absolute atomic E-state index is 12.4. The number of benzene rings is 1. The van der Waals surface area contributed by atoms with Gasteiger partial charge in [0.25, 0.3) is 5.91 Å². The highest BCUT2D eigenvalue weighted by Crippen LogP contribution is 2.31. The molecule has 1 heterocycles. The van der Waals surface area contributed by atoms with E-state index < -0.39 is 5.54 Å². The van der Waals surface area contributed by atoms with E-state index in [4.69, 9.17) is 0 Å². The smallest absolute Gasteiger partial charge is 0.256 e. The topological polar surface area (TPSA) is 70.7 Å². The van der Waals surface area contributed by atoms with Crippen LogP contribution in [0.15, 0.2) is 30.5 Å². The highest BCUT2D eigenvalue weighted by Gasteiger charge is 2.39. The summed E-state index contributed by atoms with van der Waals surface area (Å²) >= 11 is 0. The van der Waals surface area contributed by atoms with Crippen molar-refractivity contribution in [2.45, 2.75) is 38.6 Å². The predicted octanol–water partition coefficient (Wildman–Crippen LogP) is 2.67. The van der Waals surface area contributed by atoms with E-state index in [1.54, 1.807) is 10.9 Å². The predicted molar refractivity (Wildman–Crippen MR) is 82.7 cm³/mol. The molecule has 1 aliphatic carbocycles. The Morgan fingerprint density at radius 2 is 2.09 bits per heavy atom. The van der Waals surface area contributed by atoms with Crippen molar-refractivity contribution in [1.82, 2.24) is 15.1 Å². The molecule has 2 aromatic rings. The van der Waals surface area contributed by atoms with Gasteiger partial charge in [0.1, 0.15) is 5.54 Å². The van der Waals surface area contributed by atoms with Gasteiger partial charge in [-0.05, 0) is 44.7 Å². The maximum atomic E-state index is 12.4. The highest BCUT2D eigenvalue weighted by molar-refractivity contribution is 5.96. The van der Waals surface area contributed by atoms with Crippen LogP contribution >= 0.6 is 0 Å². The summed E-state index contributed by atoms with van der Waals surface area (Å²) in [6, 6.07) is 10.1. The second-order valence-electron chi connectivity index (χ2n) is 5.84. The van der Waals surface area contributed by atoms with Gasteiger partial charge in [0.2, 0.25) is 0 Å². The molecule has 0 bridgehead atoms. The number of hydrogen-bond donors (Lipinski definition) is 1. The molecule has 1 N–H and O–H groups in total. The van der Waals surface area contributed by atoms with Gasteiger partial charge in [-0.15, -0.1) is 0 Å². The third-order valence-corrected chi connectivity index (χ3v) is 4.37. The van der Waals surface area contributed by atoms with E-state index in [0.29, 0.717) is 5.56 Å². The molecule has 1 amide bonds. The molecule has 0 radical (unpaired) electrons. The Balaban J connectivity index is 1.89. The number of aromatic nitrogens is 2.